The molecular weight excluding hydrogens is 410 g/mol. The van der Waals surface area contributed by atoms with Gasteiger partial charge in [-0.25, -0.2) is 9.78 Å². The Labute approximate surface area is 183 Å². The first-order valence-corrected chi connectivity index (χ1v) is 11.4. The monoisotopic (exact) mass is 435 g/mol. The zero-order valence-electron chi connectivity index (χ0n) is 17.7. The van der Waals surface area contributed by atoms with Crippen molar-refractivity contribution in [1.82, 2.24) is 24.0 Å². The Morgan fingerprint density at radius 3 is 2.77 bits per heavy atom. The maximum Gasteiger partial charge on any atom is 0.328 e. The lowest BCUT2D eigenvalue weighted by atomic mass is 9.94. The maximum absolute atomic E-state index is 12.3. The molecule has 3 aromatic heterocycles. The molecule has 1 saturated heterocycles. The van der Waals surface area contributed by atoms with E-state index in [0.29, 0.717) is 5.82 Å². The Kier molecular flexibility index (Phi) is 5.11. The van der Waals surface area contributed by atoms with E-state index in [1.165, 1.54) is 5.56 Å². The highest BCUT2D eigenvalue weighted by atomic mass is 32.1. The second-order valence-corrected chi connectivity index (χ2v) is 9.24. The van der Waals surface area contributed by atoms with Gasteiger partial charge >= 0.3 is 5.69 Å². The SMILES string of the molecule is Cn1c(=O)n(C)c2cc(CN3CCCC(c4cc(=O)[nH]c(-c5cccs5)n4)C3)ccc21. The van der Waals surface area contributed by atoms with E-state index in [0.717, 1.165) is 54.1 Å². The molecule has 1 aliphatic heterocycles. The van der Waals surface area contributed by atoms with Gasteiger partial charge in [0.25, 0.3) is 5.56 Å². The molecule has 1 N–H and O–H groups in total. The van der Waals surface area contributed by atoms with Crippen LogP contribution < -0.4 is 11.2 Å². The molecule has 0 amide bonds. The lowest BCUT2D eigenvalue weighted by molar-refractivity contribution is 0.198. The fraction of sp³-hybridized carbons (Fsp3) is 0.348. The average Bonchev–Trinajstić information content (AvgIpc) is 3.38. The highest BCUT2D eigenvalue weighted by Gasteiger charge is 2.24. The van der Waals surface area contributed by atoms with Gasteiger partial charge in [-0.2, -0.15) is 0 Å². The van der Waals surface area contributed by atoms with Crippen LogP contribution in [-0.2, 0) is 20.6 Å². The summed E-state index contributed by atoms with van der Waals surface area (Å²) in [6.45, 7) is 2.70. The number of thiophene rings is 1. The molecule has 8 heteroatoms. The third kappa shape index (κ3) is 3.77. The molecule has 0 radical (unpaired) electrons. The van der Waals surface area contributed by atoms with Gasteiger partial charge in [0.2, 0.25) is 0 Å². The zero-order chi connectivity index (χ0) is 21.5. The van der Waals surface area contributed by atoms with Gasteiger partial charge in [0.15, 0.2) is 0 Å². The molecule has 4 aromatic rings. The Morgan fingerprint density at radius 1 is 1.13 bits per heavy atom. The summed E-state index contributed by atoms with van der Waals surface area (Å²) >= 11 is 1.58. The minimum atomic E-state index is -0.0963. The van der Waals surface area contributed by atoms with Crippen LogP contribution in [0.3, 0.4) is 0 Å². The molecule has 5 rings (SSSR count). The van der Waals surface area contributed by atoms with Gasteiger partial charge in [-0.15, -0.1) is 11.3 Å². The van der Waals surface area contributed by atoms with Gasteiger partial charge in [0.05, 0.1) is 21.6 Å². The molecule has 4 heterocycles. The summed E-state index contributed by atoms with van der Waals surface area (Å²) in [7, 11) is 3.62. The third-order valence-electron chi connectivity index (χ3n) is 6.18. The van der Waals surface area contributed by atoms with Crippen molar-refractivity contribution in [2.45, 2.75) is 25.3 Å². The van der Waals surface area contributed by atoms with Crippen molar-refractivity contribution in [3.63, 3.8) is 0 Å². The number of likely N-dealkylation sites (tertiary alicyclic amines) is 1. The van der Waals surface area contributed by atoms with Crippen LogP contribution in [0.4, 0.5) is 0 Å². The van der Waals surface area contributed by atoms with E-state index >= 15 is 0 Å². The van der Waals surface area contributed by atoms with Crippen molar-refractivity contribution in [1.29, 1.82) is 0 Å². The molecule has 1 atom stereocenters. The van der Waals surface area contributed by atoms with Crippen LogP contribution in [0.2, 0.25) is 0 Å². The lowest BCUT2D eigenvalue weighted by Crippen LogP contribution is -2.34. The van der Waals surface area contributed by atoms with Crippen molar-refractivity contribution in [2.24, 2.45) is 14.1 Å². The third-order valence-corrected chi connectivity index (χ3v) is 7.06. The highest BCUT2D eigenvalue weighted by molar-refractivity contribution is 7.13. The first-order chi connectivity index (χ1) is 15.0. The van der Waals surface area contributed by atoms with Gasteiger partial charge in [-0.1, -0.05) is 12.1 Å². The van der Waals surface area contributed by atoms with Crippen molar-refractivity contribution in [2.75, 3.05) is 13.1 Å². The molecule has 1 unspecified atom stereocenters. The second kappa shape index (κ2) is 7.94. The molecule has 1 fully saturated rings. The Morgan fingerprint density at radius 2 is 1.97 bits per heavy atom. The van der Waals surface area contributed by atoms with Crippen molar-refractivity contribution in [3.8, 4) is 10.7 Å². The van der Waals surface area contributed by atoms with Crippen LogP contribution in [0.1, 0.15) is 30.0 Å². The molecule has 0 bridgehead atoms. The number of nitrogens with one attached hydrogen (secondary N) is 1. The Bertz CT molecular complexity index is 1350. The van der Waals surface area contributed by atoms with Gasteiger partial charge in [-0.3, -0.25) is 18.8 Å². The molecule has 0 aliphatic carbocycles. The molecule has 1 aliphatic rings. The number of piperidine rings is 1. The second-order valence-electron chi connectivity index (χ2n) is 8.29. The quantitative estimate of drug-likeness (QED) is 0.535. The number of hydrogen-bond acceptors (Lipinski definition) is 5. The number of imidazole rings is 1. The fourth-order valence-electron chi connectivity index (χ4n) is 4.57. The van der Waals surface area contributed by atoms with E-state index in [9.17, 15) is 9.59 Å². The number of nitrogens with zero attached hydrogens (tertiary/aromatic N) is 4. The number of aromatic amines is 1. The lowest BCUT2D eigenvalue weighted by Gasteiger charge is -2.32. The van der Waals surface area contributed by atoms with E-state index in [2.05, 4.69) is 22.0 Å². The predicted molar refractivity (Wildman–Crippen MR) is 124 cm³/mol. The minimum absolute atomic E-state index is 0.00731. The Hall–Kier alpha value is -2.97. The normalized spacial score (nSPS) is 17.4. The first kappa shape index (κ1) is 20.0. The van der Waals surface area contributed by atoms with Crippen LogP contribution in [-0.4, -0.2) is 37.1 Å². The highest BCUT2D eigenvalue weighted by Crippen LogP contribution is 2.28. The number of H-pyrrole nitrogens is 1. The van der Waals surface area contributed by atoms with E-state index in [1.807, 2.05) is 30.6 Å². The molecule has 160 valence electrons. The fourth-order valence-corrected chi connectivity index (χ4v) is 5.23. The summed E-state index contributed by atoms with van der Waals surface area (Å²) in [6, 6.07) is 11.8. The zero-order valence-corrected chi connectivity index (χ0v) is 18.5. The smallest absolute Gasteiger partial charge is 0.306 e. The molecule has 1 aromatic carbocycles. The van der Waals surface area contributed by atoms with Crippen LogP contribution in [0.25, 0.3) is 21.7 Å². The van der Waals surface area contributed by atoms with Crippen LogP contribution in [0, 0.1) is 0 Å². The van der Waals surface area contributed by atoms with E-state index < -0.39 is 0 Å². The molecule has 7 nitrogen and oxygen atoms in total. The van der Waals surface area contributed by atoms with Gasteiger partial charge in [0, 0.05) is 39.2 Å². The number of fused-ring (bicyclic) bond motifs is 1. The Balaban J connectivity index is 1.38. The number of benzene rings is 1. The number of rotatable bonds is 4. The summed E-state index contributed by atoms with van der Waals surface area (Å²) in [5, 5.41) is 1.99. The van der Waals surface area contributed by atoms with E-state index in [4.69, 9.17) is 4.98 Å². The number of aryl methyl sites for hydroxylation is 2. The van der Waals surface area contributed by atoms with Crippen molar-refractivity contribution >= 4 is 22.4 Å². The van der Waals surface area contributed by atoms with E-state index in [1.54, 1.807) is 33.6 Å². The molecular formula is C23H25N5O2S. The van der Waals surface area contributed by atoms with Gasteiger partial charge in [0.1, 0.15) is 5.82 Å². The average molecular weight is 436 g/mol. The predicted octanol–water partition coefficient (Wildman–Crippen LogP) is 3.07. The summed E-state index contributed by atoms with van der Waals surface area (Å²) in [4.78, 5) is 35.5. The van der Waals surface area contributed by atoms with E-state index in [-0.39, 0.29) is 17.2 Å². The summed E-state index contributed by atoms with van der Waals surface area (Å²) in [5.74, 6) is 0.893. The first-order valence-electron chi connectivity index (χ1n) is 10.5. The molecule has 31 heavy (non-hydrogen) atoms. The maximum atomic E-state index is 12.3. The van der Waals surface area contributed by atoms with Gasteiger partial charge in [-0.05, 0) is 48.5 Å². The molecule has 0 saturated carbocycles. The number of hydrogen-bond donors (Lipinski definition) is 1. The minimum Gasteiger partial charge on any atom is -0.306 e. The number of aromatic nitrogens is 4. The van der Waals surface area contributed by atoms with Crippen molar-refractivity contribution < 1.29 is 0 Å². The topological polar surface area (TPSA) is 75.9 Å². The van der Waals surface area contributed by atoms with Crippen molar-refractivity contribution in [3.05, 3.63) is 73.9 Å². The van der Waals surface area contributed by atoms with Gasteiger partial charge < -0.3 is 4.98 Å². The van der Waals surface area contributed by atoms with Crippen LogP contribution >= 0.6 is 11.3 Å². The standard InChI is InChI=1S/C23H25N5O2S/c1-26-18-8-7-15(11-19(18)27(2)23(26)30)13-28-9-3-5-16(14-28)17-12-21(29)25-22(24-17)20-6-4-10-31-20/h4,6-8,10-12,16H,3,5,9,13-14H2,1-2H3,(H,24,25,29). The summed E-state index contributed by atoms with van der Waals surface area (Å²) < 4.78 is 3.38. The summed E-state index contributed by atoms with van der Waals surface area (Å²) in [5.41, 5.74) is 3.86. The van der Waals surface area contributed by atoms with Crippen LogP contribution in [0.5, 0.6) is 0 Å². The van der Waals surface area contributed by atoms with Crippen LogP contribution in [0.15, 0.2) is 51.4 Å². The largest absolute Gasteiger partial charge is 0.328 e. The summed E-state index contributed by atoms with van der Waals surface area (Å²) in [6.07, 6.45) is 2.10. The molecule has 0 spiro atoms.